The molecule has 0 aliphatic rings. The van der Waals surface area contributed by atoms with Gasteiger partial charge in [0.2, 0.25) is 0 Å². The minimum Gasteiger partial charge on any atom is -0.395 e. The van der Waals surface area contributed by atoms with E-state index in [1.165, 1.54) is 11.1 Å². The van der Waals surface area contributed by atoms with Crippen LogP contribution in [0.1, 0.15) is 116 Å². The summed E-state index contributed by atoms with van der Waals surface area (Å²) < 4.78 is 6.87. The average molecular weight is 577 g/mol. The smallest absolute Gasteiger partial charge is 0.135 e. The van der Waals surface area contributed by atoms with Crippen LogP contribution in [0.2, 0.25) is 0 Å². The van der Waals surface area contributed by atoms with Crippen LogP contribution in [0.3, 0.4) is 0 Å². The van der Waals surface area contributed by atoms with Crippen molar-refractivity contribution in [2.24, 2.45) is 5.41 Å². The van der Waals surface area contributed by atoms with E-state index in [2.05, 4.69) is 128 Å². The third kappa shape index (κ3) is 6.63. The first-order valence-electron chi connectivity index (χ1n) is 13.9. The molecule has 2 aromatic carbocycles. The number of rotatable bonds is 8. The Morgan fingerprint density at radius 2 is 0.897 bits per heavy atom. The first kappa shape index (κ1) is 34.3. The van der Waals surface area contributed by atoms with Gasteiger partial charge in [-0.2, -0.15) is 0 Å². The minimum absolute atomic E-state index is 0.0416. The standard InChI is InChI=1S/C33H54O4P2/c1-28(2,3)22-13-15-24(26(17-22)30(7,8)9)33(37-39-38,32(19-34,20-35)21-36)25-16-14-23(29(4,5)6)18-27(25)31(10,11)12/h13-18,34-36,39H,19-21,38H2,1-12H3. The SMILES string of the molecule is CC(C)(C)c1ccc(C(OPP)(c2ccc(C(C)(C)C)cc2C(C)(C)C)C(CO)(CO)CO)c(C(C)(C)C)c1. The van der Waals surface area contributed by atoms with Crippen molar-refractivity contribution in [3.63, 3.8) is 0 Å². The fourth-order valence-electron chi connectivity index (χ4n) is 5.38. The van der Waals surface area contributed by atoms with Crippen LogP contribution in [0.15, 0.2) is 36.4 Å². The highest BCUT2D eigenvalue weighted by Gasteiger charge is 2.57. The number of aliphatic hydroxyl groups is 3. The fraction of sp³-hybridized carbons (Fsp3) is 0.636. The monoisotopic (exact) mass is 576 g/mol. The zero-order chi connectivity index (χ0) is 30.2. The van der Waals surface area contributed by atoms with E-state index >= 15 is 0 Å². The molecule has 0 heterocycles. The fourth-order valence-corrected chi connectivity index (χ4v) is 6.53. The minimum atomic E-state index is -1.40. The Morgan fingerprint density at radius 3 is 1.13 bits per heavy atom. The van der Waals surface area contributed by atoms with E-state index in [1.807, 2.05) is 0 Å². The summed E-state index contributed by atoms with van der Waals surface area (Å²) in [5.74, 6) is 0. The Hall–Kier alpha value is -0.860. The molecule has 2 aromatic rings. The van der Waals surface area contributed by atoms with Gasteiger partial charge in [0, 0.05) is 8.50 Å². The van der Waals surface area contributed by atoms with Gasteiger partial charge in [-0.3, -0.25) is 0 Å². The number of benzene rings is 2. The molecular formula is C33H54O4P2. The molecule has 0 fully saturated rings. The zero-order valence-corrected chi connectivity index (χ0v) is 28.6. The molecule has 2 rings (SSSR count). The lowest BCUT2D eigenvalue weighted by atomic mass is 9.60. The molecule has 0 aliphatic heterocycles. The van der Waals surface area contributed by atoms with E-state index in [9.17, 15) is 15.3 Å². The van der Waals surface area contributed by atoms with Crippen LogP contribution < -0.4 is 0 Å². The summed E-state index contributed by atoms with van der Waals surface area (Å²) in [5, 5.41) is 33.0. The molecule has 0 saturated heterocycles. The first-order valence-corrected chi connectivity index (χ1v) is 16.6. The first-order chi connectivity index (χ1) is 17.7. The van der Waals surface area contributed by atoms with Gasteiger partial charge >= 0.3 is 0 Å². The molecule has 2 atom stereocenters. The van der Waals surface area contributed by atoms with Gasteiger partial charge in [-0.1, -0.05) is 128 Å². The topological polar surface area (TPSA) is 69.9 Å². The van der Waals surface area contributed by atoms with Crippen LogP contribution in [0.4, 0.5) is 0 Å². The summed E-state index contributed by atoms with van der Waals surface area (Å²) in [6, 6.07) is 13.0. The van der Waals surface area contributed by atoms with E-state index < -0.39 is 30.8 Å². The highest BCUT2D eigenvalue weighted by atomic mass is 32.0. The average Bonchev–Trinajstić information content (AvgIpc) is 2.81. The molecule has 0 aromatic heterocycles. The Kier molecular flexibility index (Phi) is 10.4. The second-order valence-electron chi connectivity index (χ2n) is 15.2. The van der Waals surface area contributed by atoms with Crippen LogP contribution in [-0.4, -0.2) is 35.1 Å². The molecule has 6 heteroatoms. The lowest BCUT2D eigenvalue weighted by Gasteiger charge is -2.51. The Morgan fingerprint density at radius 1 is 0.564 bits per heavy atom. The third-order valence-electron chi connectivity index (χ3n) is 8.01. The Balaban J connectivity index is 3.32. The normalized spacial score (nSPS) is 14.5. The molecule has 0 amide bonds. The van der Waals surface area contributed by atoms with Crippen LogP contribution in [0.5, 0.6) is 0 Å². The largest absolute Gasteiger partial charge is 0.395 e. The van der Waals surface area contributed by atoms with Crippen molar-refractivity contribution in [1.29, 1.82) is 0 Å². The molecule has 0 aliphatic carbocycles. The summed E-state index contributed by atoms with van der Waals surface area (Å²) in [4.78, 5) is 0. The molecule has 0 radical (unpaired) electrons. The Labute approximate surface area is 242 Å². The highest BCUT2D eigenvalue weighted by molar-refractivity contribution is 8.00. The van der Waals surface area contributed by atoms with E-state index in [-0.39, 0.29) is 30.2 Å². The van der Waals surface area contributed by atoms with Crippen LogP contribution in [0, 0.1) is 5.41 Å². The van der Waals surface area contributed by atoms with Crippen molar-refractivity contribution in [2.45, 2.75) is 110 Å². The van der Waals surface area contributed by atoms with Gasteiger partial charge in [-0.05, 0) is 55.0 Å². The Bertz CT molecular complexity index is 1040. The predicted molar refractivity (Wildman–Crippen MR) is 171 cm³/mol. The third-order valence-corrected chi connectivity index (χ3v) is 8.79. The van der Waals surface area contributed by atoms with Gasteiger partial charge in [-0.15, -0.1) is 0 Å². The van der Waals surface area contributed by atoms with Gasteiger partial charge in [0.25, 0.3) is 0 Å². The number of hydrogen-bond donors (Lipinski definition) is 3. The molecule has 0 saturated carbocycles. The molecule has 220 valence electrons. The van der Waals surface area contributed by atoms with Gasteiger partial charge in [0.15, 0.2) is 0 Å². The molecule has 2 unspecified atom stereocenters. The van der Waals surface area contributed by atoms with E-state index in [4.69, 9.17) is 4.52 Å². The van der Waals surface area contributed by atoms with Crippen molar-refractivity contribution in [3.8, 4) is 0 Å². The van der Waals surface area contributed by atoms with Crippen molar-refractivity contribution in [3.05, 3.63) is 69.8 Å². The highest BCUT2D eigenvalue weighted by Crippen LogP contribution is 2.57. The van der Waals surface area contributed by atoms with E-state index in [0.29, 0.717) is 0 Å². The van der Waals surface area contributed by atoms with Crippen LogP contribution in [-0.2, 0) is 31.8 Å². The lowest BCUT2D eigenvalue weighted by Crippen LogP contribution is -2.56. The van der Waals surface area contributed by atoms with Crippen molar-refractivity contribution in [2.75, 3.05) is 19.8 Å². The molecule has 0 spiro atoms. The van der Waals surface area contributed by atoms with Gasteiger partial charge in [0.1, 0.15) is 5.60 Å². The summed E-state index contributed by atoms with van der Waals surface area (Å²) in [5.41, 5.74) is 2.81. The van der Waals surface area contributed by atoms with Gasteiger partial charge in [0.05, 0.1) is 25.2 Å². The van der Waals surface area contributed by atoms with E-state index in [1.54, 1.807) is 0 Å². The summed E-state index contributed by atoms with van der Waals surface area (Å²) >= 11 is 0. The van der Waals surface area contributed by atoms with Crippen molar-refractivity contribution >= 4 is 17.4 Å². The number of aliphatic hydroxyl groups excluding tert-OH is 3. The maximum atomic E-state index is 11.0. The van der Waals surface area contributed by atoms with Crippen molar-refractivity contribution in [1.82, 2.24) is 0 Å². The molecule has 3 N–H and O–H groups in total. The van der Waals surface area contributed by atoms with Crippen LogP contribution in [0.25, 0.3) is 0 Å². The predicted octanol–water partition coefficient (Wildman–Crippen LogP) is 7.48. The quantitative estimate of drug-likeness (QED) is 0.285. The number of hydrogen-bond acceptors (Lipinski definition) is 4. The summed E-state index contributed by atoms with van der Waals surface area (Å²) in [7, 11) is 2.63. The molecule has 39 heavy (non-hydrogen) atoms. The molecule has 0 bridgehead atoms. The summed E-state index contributed by atoms with van der Waals surface area (Å²) in [6.07, 6.45) is 0. The molecule has 4 nitrogen and oxygen atoms in total. The molecular weight excluding hydrogens is 522 g/mol. The van der Waals surface area contributed by atoms with E-state index in [0.717, 1.165) is 22.3 Å². The van der Waals surface area contributed by atoms with Crippen LogP contribution >= 0.6 is 17.4 Å². The second-order valence-corrected chi connectivity index (χ2v) is 16.3. The van der Waals surface area contributed by atoms with Crippen molar-refractivity contribution < 1.29 is 19.8 Å². The summed E-state index contributed by atoms with van der Waals surface area (Å²) in [6.45, 7) is 24.9. The second kappa shape index (κ2) is 11.8. The van der Waals surface area contributed by atoms with Gasteiger partial charge < -0.3 is 19.8 Å². The van der Waals surface area contributed by atoms with Gasteiger partial charge in [-0.25, -0.2) is 0 Å². The maximum Gasteiger partial charge on any atom is 0.135 e. The zero-order valence-electron chi connectivity index (χ0n) is 26.4. The maximum absolute atomic E-state index is 11.0. The lowest BCUT2D eigenvalue weighted by molar-refractivity contribution is -0.117.